The van der Waals surface area contributed by atoms with Crippen LogP contribution in [0.25, 0.3) is 0 Å². The Balaban J connectivity index is 2.50. The molecule has 0 spiro atoms. The zero-order valence-electron chi connectivity index (χ0n) is 9.15. The fourth-order valence-corrected chi connectivity index (χ4v) is 1.28. The van der Waals surface area contributed by atoms with Crippen molar-refractivity contribution in [3.8, 4) is 0 Å². The molecule has 6 heteroatoms. The molecule has 84 valence electrons. The maximum Gasteiger partial charge on any atom is 0.234 e. The first-order valence-corrected chi connectivity index (χ1v) is 4.82. The van der Waals surface area contributed by atoms with E-state index < -0.39 is 0 Å². The largest absolute Gasteiger partial charge is 0.368 e. The predicted octanol–water partition coefficient (Wildman–Crippen LogP) is -0.0225. The first-order chi connectivity index (χ1) is 7.00. The summed E-state index contributed by atoms with van der Waals surface area (Å²) >= 11 is 0. The van der Waals surface area contributed by atoms with Gasteiger partial charge >= 0.3 is 0 Å². The Labute approximate surface area is 88.2 Å². The Morgan fingerprint density at radius 1 is 1.60 bits per heavy atom. The first kappa shape index (κ1) is 11.6. The van der Waals surface area contributed by atoms with Crippen molar-refractivity contribution in [3.05, 3.63) is 11.7 Å². The van der Waals surface area contributed by atoms with Crippen LogP contribution in [0.15, 0.2) is 4.52 Å². The van der Waals surface area contributed by atoms with Gasteiger partial charge in [0.2, 0.25) is 11.8 Å². The fourth-order valence-electron chi connectivity index (χ4n) is 1.28. The molecular weight excluding hydrogens is 196 g/mol. The van der Waals surface area contributed by atoms with Crippen molar-refractivity contribution in [1.82, 2.24) is 15.5 Å². The number of carbonyl (C=O) groups excluding carboxylic acids is 1. The maximum absolute atomic E-state index is 11.1. The molecule has 0 aliphatic heterocycles. The molecule has 1 unspecified atom stereocenters. The molecule has 1 rings (SSSR count). The average molecular weight is 212 g/mol. The molecule has 0 radical (unpaired) electrons. The van der Waals surface area contributed by atoms with E-state index in [1.165, 1.54) is 0 Å². The lowest BCUT2D eigenvalue weighted by molar-refractivity contribution is -0.121. The molecule has 0 aliphatic carbocycles. The summed E-state index contributed by atoms with van der Waals surface area (Å²) in [6.07, 6.45) is 0. The molecule has 1 aromatic rings. The zero-order chi connectivity index (χ0) is 11.4. The van der Waals surface area contributed by atoms with Gasteiger partial charge in [-0.2, -0.15) is 4.98 Å². The summed E-state index contributed by atoms with van der Waals surface area (Å²) in [5, 5.41) is 6.69. The number of rotatable bonds is 5. The summed E-state index contributed by atoms with van der Waals surface area (Å²) in [6.45, 7) is 5.93. The smallest absolute Gasteiger partial charge is 0.234 e. The van der Waals surface area contributed by atoms with E-state index in [9.17, 15) is 4.79 Å². The third-order valence-electron chi connectivity index (χ3n) is 2.02. The van der Waals surface area contributed by atoms with Gasteiger partial charge in [0.05, 0.1) is 12.6 Å². The van der Waals surface area contributed by atoms with Crippen LogP contribution in [0, 0.1) is 12.8 Å². The van der Waals surface area contributed by atoms with E-state index in [4.69, 9.17) is 10.3 Å². The molecule has 0 fully saturated rings. The monoisotopic (exact) mass is 212 g/mol. The minimum absolute atomic E-state index is 0.135. The van der Waals surface area contributed by atoms with Gasteiger partial charge in [-0.3, -0.25) is 10.1 Å². The average Bonchev–Trinajstić information content (AvgIpc) is 2.50. The number of nitrogens with one attached hydrogen (secondary N) is 1. The quantitative estimate of drug-likeness (QED) is 0.715. The van der Waals surface area contributed by atoms with Gasteiger partial charge in [0.25, 0.3) is 0 Å². The lowest BCUT2D eigenvalue weighted by atomic mass is 10.0. The molecule has 0 bridgehead atoms. The van der Waals surface area contributed by atoms with Crippen LogP contribution in [-0.4, -0.2) is 22.1 Å². The number of aryl methyl sites for hydroxylation is 1. The molecule has 0 saturated heterocycles. The van der Waals surface area contributed by atoms with Gasteiger partial charge in [-0.05, 0) is 5.92 Å². The molecular formula is C9H16N4O2. The van der Waals surface area contributed by atoms with Crippen molar-refractivity contribution in [1.29, 1.82) is 0 Å². The maximum atomic E-state index is 11.1. The minimum atomic E-state index is -0.371. The Bertz CT molecular complexity index is 335. The van der Waals surface area contributed by atoms with Crippen molar-refractivity contribution >= 4 is 5.91 Å². The van der Waals surface area contributed by atoms with Crippen LogP contribution in [0.4, 0.5) is 0 Å². The Morgan fingerprint density at radius 3 is 2.67 bits per heavy atom. The van der Waals surface area contributed by atoms with Crippen LogP contribution in [0.1, 0.15) is 25.6 Å². The predicted molar refractivity (Wildman–Crippen MR) is 53.7 cm³/mol. The van der Waals surface area contributed by atoms with Crippen LogP contribution < -0.4 is 11.1 Å². The van der Waals surface area contributed by atoms with E-state index in [-0.39, 0.29) is 17.9 Å². The summed E-state index contributed by atoms with van der Waals surface area (Å²) in [5.74, 6) is 0.798. The number of carbonyl (C=O) groups is 1. The van der Waals surface area contributed by atoms with Crippen LogP contribution in [0.3, 0.4) is 0 Å². The fraction of sp³-hybridized carbons (Fsp3) is 0.667. The number of amides is 1. The van der Waals surface area contributed by atoms with Crippen molar-refractivity contribution in [3.63, 3.8) is 0 Å². The van der Waals surface area contributed by atoms with Crippen LogP contribution >= 0.6 is 0 Å². The van der Waals surface area contributed by atoms with E-state index in [0.717, 1.165) is 0 Å². The summed E-state index contributed by atoms with van der Waals surface area (Å²) in [7, 11) is 0. The van der Waals surface area contributed by atoms with Crippen molar-refractivity contribution in [2.75, 3.05) is 0 Å². The standard InChI is InChI=1S/C9H16N4O2/c1-5(2)8(9(10)14)11-4-7-12-6(3)15-13-7/h5,8,11H,4H2,1-3H3,(H2,10,14). The molecule has 1 heterocycles. The first-order valence-electron chi connectivity index (χ1n) is 4.82. The highest BCUT2D eigenvalue weighted by Gasteiger charge is 2.19. The lowest BCUT2D eigenvalue weighted by Crippen LogP contribution is -2.44. The Morgan fingerprint density at radius 2 is 2.27 bits per heavy atom. The third-order valence-corrected chi connectivity index (χ3v) is 2.02. The number of aromatic nitrogens is 2. The molecule has 0 aromatic carbocycles. The normalized spacial score (nSPS) is 13.1. The molecule has 0 aliphatic rings. The van der Waals surface area contributed by atoms with Crippen LogP contribution in [-0.2, 0) is 11.3 Å². The van der Waals surface area contributed by atoms with Crippen LogP contribution in [0.2, 0.25) is 0 Å². The van der Waals surface area contributed by atoms with Gasteiger partial charge in [0.15, 0.2) is 5.82 Å². The van der Waals surface area contributed by atoms with Crippen molar-refractivity contribution in [2.45, 2.75) is 33.4 Å². The van der Waals surface area contributed by atoms with Gasteiger partial charge in [0, 0.05) is 6.92 Å². The lowest BCUT2D eigenvalue weighted by Gasteiger charge is -2.17. The molecule has 6 nitrogen and oxygen atoms in total. The molecule has 1 atom stereocenters. The van der Waals surface area contributed by atoms with E-state index in [2.05, 4.69) is 15.5 Å². The molecule has 1 amide bonds. The number of primary amides is 1. The van der Waals surface area contributed by atoms with Gasteiger partial charge < -0.3 is 10.3 Å². The Hall–Kier alpha value is -1.43. The number of hydrogen-bond donors (Lipinski definition) is 2. The molecule has 3 N–H and O–H groups in total. The summed E-state index contributed by atoms with van der Waals surface area (Å²) < 4.78 is 4.80. The highest BCUT2D eigenvalue weighted by molar-refractivity contribution is 5.80. The minimum Gasteiger partial charge on any atom is -0.368 e. The van der Waals surface area contributed by atoms with Gasteiger partial charge in [0.1, 0.15) is 0 Å². The van der Waals surface area contributed by atoms with Crippen LogP contribution in [0.5, 0.6) is 0 Å². The number of hydrogen-bond acceptors (Lipinski definition) is 5. The van der Waals surface area contributed by atoms with Gasteiger partial charge in [-0.25, -0.2) is 0 Å². The van der Waals surface area contributed by atoms with E-state index in [1.54, 1.807) is 6.92 Å². The molecule has 0 saturated carbocycles. The van der Waals surface area contributed by atoms with E-state index in [0.29, 0.717) is 18.3 Å². The SMILES string of the molecule is Cc1nc(CNC(C(N)=O)C(C)C)no1. The molecule has 1 aromatic heterocycles. The van der Waals surface area contributed by atoms with Gasteiger partial charge in [-0.1, -0.05) is 19.0 Å². The number of nitrogens with two attached hydrogens (primary N) is 1. The van der Waals surface area contributed by atoms with Gasteiger partial charge in [-0.15, -0.1) is 0 Å². The summed E-state index contributed by atoms with van der Waals surface area (Å²) in [5.41, 5.74) is 5.24. The topological polar surface area (TPSA) is 94.0 Å². The van der Waals surface area contributed by atoms with E-state index >= 15 is 0 Å². The Kier molecular flexibility index (Phi) is 3.79. The van der Waals surface area contributed by atoms with Crippen molar-refractivity contribution in [2.24, 2.45) is 11.7 Å². The molecule has 15 heavy (non-hydrogen) atoms. The number of nitrogens with zero attached hydrogens (tertiary/aromatic N) is 2. The summed E-state index contributed by atoms with van der Waals surface area (Å²) in [6, 6.07) is -0.371. The highest BCUT2D eigenvalue weighted by Crippen LogP contribution is 2.02. The second kappa shape index (κ2) is 4.88. The second-order valence-corrected chi connectivity index (χ2v) is 3.73. The van der Waals surface area contributed by atoms with Crippen molar-refractivity contribution < 1.29 is 9.32 Å². The zero-order valence-corrected chi connectivity index (χ0v) is 9.15. The third kappa shape index (κ3) is 3.32. The highest BCUT2D eigenvalue weighted by atomic mass is 16.5. The van der Waals surface area contributed by atoms with E-state index in [1.807, 2.05) is 13.8 Å². The summed E-state index contributed by atoms with van der Waals surface area (Å²) in [4.78, 5) is 15.1. The second-order valence-electron chi connectivity index (χ2n) is 3.73.